The Balaban J connectivity index is 1.96. The van der Waals surface area contributed by atoms with Crippen LogP contribution in [0.3, 0.4) is 0 Å². The maximum atomic E-state index is 13.4. The molecule has 0 bridgehead atoms. The van der Waals surface area contributed by atoms with Gasteiger partial charge < -0.3 is 0 Å². The second-order valence-electron chi connectivity index (χ2n) is 8.55. The third-order valence-corrected chi connectivity index (χ3v) is 6.47. The largest absolute Gasteiger partial charge is 0.294 e. The van der Waals surface area contributed by atoms with E-state index in [1.54, 1.807) is 18.2 Å². The van der Waals surface area contributed by atoms with Gasteiger partial charge in [0.2, 0.25) is 5.91 Å². The number of benzene rings is 2. The van der Waals surface area contributed by atoms with Crippen LogP contribution in [0.1, 0.15) is 44.6 Å². The molecule has 154 valence electrons. The van der Waals surface area contributed by atoms with Gasteiger partial charge in [-0.2, -0.15) is 0 Å². The number of rotatable bonds is 3. The van der Waals surface area contributed by atoms with E-state index < -0.39 is 4.92 Å². The van der Waals surface area contributed by atoms with Crippen molar-refractivity contribution in [2.45, 2.75) is 39.0 Å². The molecule has 30 heavy (non-hydrogen) atoms. The van der Waals surface area contributed by atoms with Crippen molar-refractivity contribution in [3.8, 4) is 0 Å². The summed E-state index contributed by atoms with van der Waals surface area (Å²) in [4.78, 5) is 39.2. The summed E-state index contributed by atoms with van der Waals surface area (Å²) in [5.74, 6) is -0.613. The average molecular weight is 469 g/mol. The van der Waals surface area contributed by atoms with Crippen LogP contribution in [-0.2, 0) is 9.59 Å². The number of hydrogen-bond donors (Lipinski definition) is 0. The molecule has 0 aromatic heterocycles. The number of halogens is 1. The minimum absolute atomic E-state index is 0.00177. The number of amides is 1. The molecule has 1 aliphatic heterocycles. The summed E-state index contributed by atoms with van der Waals surface area (Å²) >= 11 is 3.55. The van der Waals surface area contributed by atoms with Crippen molar-refractivity contribution in [1.29, 1.82) is 0 Å². The van der Waals surface area contributed by atoms with Gasteiger partial charge in [-0.3, -0.25) is 24.6 Å². The van der Waals surface area contributed by atoms with Crippen LogP contribution in [0.15, 0.2) is 64.3 Å². The summed E-state index contributed by atoms with van der Waals surface area (Å²) in [6.45, 7) is 3.97. The van der Waals surface area contributed by atoms with Gasteiger partial charge in [0.05, 0.1) is 4.92 Å². The molecule has 0 radical (unpaired) electrons. The minimum atomic E-state index is -0.488. The molecule has 7 heteroatoms. The number of hydrogen-bond acceptors (Lipinski definition) is 4. The van der Waals surface area contributed by atoms with E-state index in [1.165, 1.54) is 11.0 Å². The highest BCUT2D eigenvalue weighted by Crippen LogP contribution is 2.50. The van der Waals surface area contributed by atoms with E-state index in [0.29, 0.717) is 24.1 Å². The van der Waals surface area contributed by atoms with E-state index in [1.807, 2.05) is 38.1 Å². The van der Waals surface area contributed by atoms with Crippen LogP contribution in [-0.4, -0.2) is 16.6 Å². The van der Waals surface area contributed by atoms with Gasteiger partial charge in [0.15, 0.2) is 5.78 Å². The SMILES string of the molecule is CC1(C)CC(=O)C2=C(C1)N(c1ccccc1[N+](=O)[O-])C(=O)CC2c1ccccc1Br. The standard InChI is InChI=1S/C23H21BrN2O4/c1-23(2)12-19-22(20(27)13-23)15(14-7-3-4-8-16(14)24)11-21(28)25(19)17-9-5-6-10-18(17)26(29)30/h3-10,15H,11-13H2,1-2H3. The molecule has 1 unspecified atom stereocenters. The number of nitrogens with zero attached hydrogens (tertiary/aromatic N) is 2. The lowest BCUT2D eigenvalue weighted by Crippen LogP contribution is -2.44. The first-order valence-electron chi connectivity index (χ1n) is 9.76. The molecule has 0 saturated carbocycles. The highest BCUT2D eigenvalue weighted by Gasteiger charge is 2.45. The molecule has 0 spiro atoms. The van der Waals surface area contributed by atoms with Gasteiger partial charge in [0, 0.05) is 40.6 Å². The summed E-state index contributed by atoms with van der Waals surface area (Å²) in [6, 6.07) is 13.8. The number of anilines is 1. The zero-order valence-electron chi connectivity index (χ0n) is 16.7. The topological polar surface area (TPSA) is 80.5 Å². The van der Waals surface area contributed by atoms with E-state index >= 15 is 0 Å². The molecular weight excluding hydrogens is 448 g/mol. The first-order chi connectivity index (χ1) is 14.2. The third-order valence-electron chi connectivity index (χ3n) is 5.74. The fourth-order valence-electron chi connectivity index (χ4n) is 4.53. The Kier molecular flexibility index (Phi) is 5.10. The fourth-order valence-corrected chi connectivity index (χ4v) is 5.09. The van der Waals surface area contributed by atoms with E-state index in [-0.39, 0.29) is 40.8 Å². The Morgan fingerprint density at radius 3 is 2.43 bits per heavy atom. The first kappa shape index (κ1) is 20.5. The first-order valence-corrected chi connectivity index (χ1v) is 10.6. The summed E-state index contributed by atoms with van der Waals surface area (Å²) in [5, 5.41) is 11.6. The zero-order chi connectivity index (χ0) is 21.6. The monoisotopic (exact) mass is 468 g/mol. The molecule has 4 rings (SSSR count). The predicted octanol–water partition coefficient (Wildman–Crippen LogP) is 5.52. The van der Waals surface area contributed by atoms with Gasteiger partial charge in [0.1, 0.15) is 5.69 Å². The fraction of sp³-hybridized carbons (Fsp3) is 0.304. The Morgan fingerprint density at radius 2 is 1.73 bits per heavy atom. The van der Waals surface area contributed by atoms with Crippen molar-refractivity contribution < 1.29 is 14.5 Å². The van der Waals surface area contributed by atoms with Crippen molar-refractivity contribution in [2.75, 3.05) is 4.90 Å². The van der Waals surface area contributed by atoms with Crippen molar-refractivity contribution in [2.24, 2.45) is 5.41 Å². The van der Waals surface area contributed by atoms with Gasteiger partial charge in [-0.05, 0) is 29.5 Å². The van der Waals surface area contributed by atoms with Crippen molar-refractivity contribution in [3.63, 3.8) is 0 Å². The van der Waals surface area contributed by atoms with Crippen LogP contribution in [0, 0.1) is 15.5 Å². The van der Waals surface area contributed by atoms with Gasteiger partial charge in [0.25, 0.3) is 5.69 Å². The molecule has 1 heterocycles. The lowest BCUT2D eigenvalue weighted by molar-refractivity contribution is -0.384. The summed E-state index contributed by atoms with van der Waals surface area (Å²) in [5.41, 5.74) is 1.80. The molecular formula is C23H21BrN2O4. The van der Waals surface area contributed by atoms with Crippen LogP contribution < -0.4 is 4.90 Å². The molecule has 0 fully saturated rings. The highest BCUT2D eigenvalue weighted by molar-refractivity contribution is 9.10. The molecule has 0 N–H and O–H groups in total. The molecule has 1 atom stereocenters. The number of nitro groups is 1. The van der Waals surface area contributed by atoms with E-state index in [2.05, 4.69) is 15.9 Å². The molecule has 2 aliphatic rings. The van der Waals surface area contributed by atoms with Gasteiger partial charge in [-0.15, -0.1) is 0 Å². The average Bonchev–Trinajstić information content (AvgIpc) is 2.66. The Morgan fingerprint density at radius 1 is 1.07 bits per heavy atom. The Labute approximate surface area is 182 Å². The number of carbonyl (C=O) groups is 2. The van der Waals surface area contributed by atoms with Crippen LogP contribution in [0.5, 0.6) is 0 Å². The molecule has 1 amide bonds. The summed E-state index contributed by atoms with van der Waals surface area (Å²) in [7, 11) is 0. The van der Waals surface area contributed by atoms with Crippen LogP contribution in [0.4, 0.5) is 11.4 Å². The summed E-state index contributed by atoms with van der Waals surface area (Å²) < 4.78 is 0.839. The second kappa shape index (κ2) is 7.47. The summed E-state index contributed by atoms with van der Waals surface area (Å²) in [6.07, 6.45) is 0.957. The number of carbonyl (C=O) groups excluding carboxylic acids is 2. The predicted molar refractivity (Wildman–Crippen MR) is 117 cm³/mol. The highest BCUT2D eigenvalue weighted by atomic mass is 79.9. The Hall–Kier alpha value is -2.80. The normalized spacial score (nSPS) is 20.9. The third kappa shape index (κ3) is 3.47. The van der Waals surface area contributed by atoms with Gasteiger partial charge >= 0.3 is 0 Å². The molecule has 2 aromatic carbocycles. The smallest absolute Gasteiger partial charge is 0.293 e. The Bertz CT molecular complexity index is 1110. The van der Waals surface area contributed by atoms with Crippen molar-refractivity contribution >= 4 is 39.0 Å². The van der Waals surface area contributed by atoms with Crippen LogP contribution in [0.25, 0.3) is 0 Å². The minimum Gasteiger partial charge on any atom is -0.294 e. The number of para-hydroxylation sites is 2. The van der Waals surface area contributed by atoms with Crippen LogP contribution >= 0.6 is 15.9 Å². The quantitative estimate of drug-likeness (QED) is 0.438. The zero-order valence-corrected chi connectivity index (χ0v) is 18.3. The van der Waals surface area contributed by atoms with E-state index in [9.17, 15) is 19.7 Å². The number of nitro benzene ring substituents is 1. The number of allylic oxidation sites excluding steroid dienone is 2. The van der Waals surface area contributed by atoms with Crippen molar-refractivity contribution in [3.05, 3.63) is 80.0 Å². The maximum Gasteiger partial charge on any atom is 0.293 e. The van der Waals surface area contributed by atoms with Crippen molar-refractivity contribution in [1.82, 2.24) is 0 Å². The number of ketones is 1. The molecule has 2 aromatic rings. The van der Waals surface area contributed by atoms with Gasteiger partial charge in [-0.1, -0.05) is 60.1 Å². The van der Waals surface area contributed by atoms with Crippen LogP contribution in [0.2, 0.25) is 0 Å². The van der Waals surface area contributed by atoms with E-state index in [4.69, 9.17) is 0 Å². The van der Waals surface area contributed by atoms with Gasteiger partial charge in [-0.25, -0.2) is 0 Å². The van der Waals surface area contributed by atoms with E-state index in [0.717, 1.165) is 10.0 Å². The molecule has 1 aliphatic carbocycles. The maximum absolute atomic E-state index is 13.4. The molecule has 6 nitrogen and oxygen atoms in total. The second-order valence-corrected chi connectivity index (χ2v) is 9.41. The lowest BCUT2D eigenvalue weighted by atomic mass is 9.69. The number of Topliss-reactive ketones (excluding diaryl/α,β-unsaturated/α-hetero) is 1. The molecule has 0 saturated heterocycles. The lowest BCUT2D eigenvalue weighted by Gasteiger charge is -2.42.